The summed E-state index contributed by atoms with van der Waals surface area (Å²) < 4.78 is 22.8. The first-order valence-electron chi connectivity index (χ1n) is 6.25. The van der Waals surface area contributed by atoms with Gasteiger partial charge in [-0.3, -0.25) is 0 Å². The second-order valence-electron chi connectivity index (χ2n) is 4.63. The first-order valence-corrected chi connectivity index (χ1v) is 8.85. The average Bonchev–Trinajstić information content (AvgIpc) is 2.37. The predicted octanol–water partition coefficient (Wildman–Crippen LogP) is 1.61. The van der Waals surface area contributed by atoms with Gasteiger partial charge in [-0.1, -0.05) is 12.5 Å². The molecule has 2 rings (SSSR count). The molecule has 1 unspecified atom stereocenters. The van der Waals surface area contributed by atoms with Crippen LogP contribution in [0.2, 0.25) is 0 Å². The minimum Gasteiger partial charge on any atom is -0.396 e. The number of nitrogen functional groups attached to an aromatic ring is 1. The number of sulfonamides is 1. The van der Waals surface area contributed by atoms with Crippen LogP contribution >= 0.6 is 11.8 Å². The number of para-hydroxylation sites is 1. The molecule has 7 heteroatoms. The first kappa shape index (κ1) is 14.5. The van der Waals surface area contributed by atoms with Crippen molar-refractivity contribution in [3.05, 3.63) is 18.2 Å². The summed E-state index contributed by atoms with van der Waals surface area (Å²) in [5.41, 5.74) is 6.69. The van der Waals surface area contributed by atoms with Crippen LogP contribution in [0, 0.1) is 0 Å². The zero-order chi connectivity index (χ0) is 13.9. The van der Waals surface area contributed by atoms with E-state index in [9.17, 15) is 8.42 Å². The molecule has 1 fully saturated rings. The molecule has 0 radical (unpaired) electrons. The summed E-state index contributed by atoms with van der Waals surface area (Å²) in [6.45, 7) is 0.795. The second-order valence-corrected chi connectivity index (χ2v) is 7.57. The summed E-state index contributed by atoms with van der Waals surface area (Å²) in [6, 6.07) is 4.84. The Labute approximate surface area is 118 Å². The van der Waals surface area contributed by atoms with E-state index in [4.69, 9.17) is 10.9 Å². The lowest BCUT2D eigenvalue weighted by atomic mass is 10.2. The quantitative estimate of drug-likeness (QED) is 0.734. The van der Waals surface area contributed by atoms with Crippen LogP contribution in [0.25, 0.3) is 0 Å². The lowest BCUT2D eigenvalue weighted by molar-refractivity contribution is 0.598. The van der Waals surface area contributed by atoms with E-state index in [1.165, 1.54) is 31.1 Å². The molecule has 0 amide bonds. The summed E-state index contributed by atoms with van der Waals surface area (Å²) >= 11 is 1.95. The van der Waals surface area contributed by atoms with E-state index in [1.54, 1.807) is 12.1 Å². The maximum atomic E-state index is 11.4. The van der Waals surface area contributed by atoms with Gasteiger partial charge in [0.25, 0.3) is 0 Å². The van der Waals surface area contributed by atoms with Crippen molar-refractivity contribution in [1.29, 1.82) is 0 Å². The van der Waals surface area contributed by atoms with E-state index in [-0.39, 0.29) is 10.6 Å². The highest BCUT2D eigenvalue weighted by atomic mass is 32.2. The molecule has 0 aliphatic carbocycles. The van der Waals surface area contributed by atoms with E-state index in [0.717, 1.165) is 6.54 Å². The fraction of sp³-hybridized carbons (Fsp3) is 0.500. The molecule has 0 aromatic heterocycles. The molecular formula is C12H19N3O2S2. The molecule has 106 valence electrons. The molecule has 1 aliphatic heterocycles. The molecule has 1 aromatic rings. The molecule has 0 saturated carbocycles. The Morgan fingerprint density at radius 1 is 1.37 bits per heavy atom. The maximum absolute atomic E-state index is 11.4. The third-order valence-corrected chi connectivity index (χ3v) is 5.53. The number of primary sulfonamides is 1. The summed E-state index contributed by atoms with van der Waals surface area (Å²) in [4.78, 5) is -0.0196. The Kier molecular flexibility index (Phi) is 4.59. The number of hydrogen-bond acceptors (Lipinski definition) is 5. The molecule has 19 heavy (non-hydrogen) atoms. The van der Waals surface area contributed by atoms with Crippen LogP contribution < -0.4 is 16.2 Å². The van der Waals surface area contributed by atoms with Crippen LogP contribution in [-0.4, -0.2) is 26.0 Å². The molecule has 1 saturated heterocycles. The number of thioether (sulfide) groups is 1. The van der Waals surface area contributed by atoms with Gasteiger partial charge < -0.3 is 11.1 Å². The van der Waals surface area contributed by atoms with Crippen LogP contribution in [-0.2, 0) is 10.0 Å². The number of rotatable bonds is 4. The van der Waals surface area contributed by atoms with Gasteiger partial charge in [-0.15, -0.1) is 0 Å². The van der Waals surface area contributed by atoms with Crippen LogP contribution in [0.15, 0.2) is 23.1 Å². The molecule has 1 heterocycles. The standard InChI is InChI=1S/C12H19N3O2S2/c13-12-10(5-3-6-11(12)19(14,16)17)15-8-9-4-1-2-7-18-9/h3,5-6,9,15H,1-2,4,7-8,13H2,(H2,14,16,17). The lowest BCUT2D eigenvalue weighted by Gasteiger charge is -2.22. The first-order chi connectivity index (χ1) is 8.98. The third kappa shape index (κ3) is 3.77. The molecule has 5 N–H and O–H groups in total. The minimum absolute atomic E-state index is 0.0196. The van der Waals surface area contributed by atoms with Crippen molar-refractivity contribution in [2.45, 2.75) is 29.4 Å². The normalized spacial score (nSPS) is 20.2. The number of anilines is 2. The van der Waals surface area contributed by atoms with Gasteiger partial charge in [-0.25, -0.2) is 13.6 Å². The summed E-state index contributed by atoms with van der Waals surface area (Å²) in [5.74, 6) is 1.19. The van der Waals surface area contributed by atoms with Crippen LogP contribution in [0.4, 0.5) is 11.4 Å². The van der Waals surface area contributed by atoms with Crippen molar-refractivity contribution in [1.82, 2.24) is 0 Å². The number of benzene rings is 1. The van der Waals surface area contributed by atoms with E-state index in [0.29, 0.717) is 10.9 Å². The van der Waals surface area contributed by atoms with Crippen LogP contribution in [0.5, 0.6) is 0 Å². The fourth-order valence-electron chi connectivity index (χ4n) is 2.14. The van der Waals surface area contributed by atoms with Gasteiger partial charge in [-0.05, 0) is 30.7 Å². The highest BCUT2D eigenvalue weighted by Gasteiger charge is 2.17. The Hall–Kier alpha value is -0.920. The summed E-state index contributed by atoms with van der Waals surface area (Å²) in [6.07, 6.45) is 3.72. The molecule has 1 aliphatic rings. The zero-order valence-electron chi connectivity index (χ0n) is 10.6. The van der Waals surface area contributed by atoms with Gasteiger partial charge in [0.15, 0.2) is 0 Å². The Morgan fingerprint density at radius 2 is 2.16 bits per heavy atom. The Morgan fingerprint density at radius 3 is 2.79 bits per heavy atom. The minimum atomic E-state index is -3.77. The van der Waals surface area contributed by atoms with Crippen molar-refractivity contribution in [3.63, 3.8) is 0 Å². The van der Waals surface area contributed by atoms with Gasteiger partial charge in [0.05, 0.1) is 11.4 Å². The van der Waals surface area contributed by atoms with E-state index >= 15 is 0 Å². The van der Waals surface area contributed by atoms with Crippen molar-refractivity contribution in [3.8, 4) is 0 Å². The van der Waals surface area contributed by atoms with Crippen LogP contribution in [0.1, 0.15) is 19.3 Å². The van der Waals surface area contributed by atoms with Gasteiger partial charge in [0, 0.05) is 11.8 Å². The Bertz CT molecular complexity index is 540. The monoisotopic (exact) mass is 301 g/mol. The maximum Gasteiger partial charge on any atom is 0.240 e. The van der Waals surface area contributed by atoms with E-state index < -0.39 is 10.0 Å². The summed E-state index contributed by atoms with van der Waals surface area (Å²) in [7, 11) is -3.77. The highest BCUT2D eigenvalue weighted by Crippen LogP contribution is 2.28. The number of nitrogens with one attached hydrogen (secondary N) is 1. The van der Waals surface area contributed by atoms with Crippen molar-refractivity contribution in [2.24, 2.45) is 5.14 Å². The molecule has 0 spiro atoms. The molecular weight excluding hydrogens is 282 g/mol. The average molecular weight is 301 g/mol. The van der Waals surface area contributed by atoms with E-state index in [1.807, 2.05) is 11.8 Å². The third-order valence-electron chi connectivity index (χ3n) is 3.17. The molecule has 0 bridgehead atoms. The second kappa shape index (κ2) is 6.02. The van der Waals surface area contributed by atoms with Gasteiger partial charge in [-0.2, -0.15) is 11.8 Å². The largest absolute Gasteiger partial charge is 0.396 e. The van der Waals surface area contributed by atoms with E-state index in [2.05, 4.69) is 5.32 Å². The highest BCUT2D eigenvalue weighted by molar-refractivity contribution is 7.99. The SMILES string of the molecule is Nc1c(NCC2CCCCS2)cccc1S(N)(=O)=O. The number of nitrogens with two attached hydrogens (primary N) is 2. The number of hydrogen-bond donors (Lipinski definition) is 3. The van der Waals surface area contributed by atoms with Gasteiger partial charge in [0.2, 0.25) is 10.0 Å². The smallest absolute Gasteiger partial charge is 0.240 e. The topological polar surface area (TPSA) is 98.2 Å². The molecule has 5 nitrogen and oxygen atoms in total. The Balaban J connectivity index is 2.08. The molecule has 1 atom stereocenters. The lowest BCUT2D eigenvalue weighted by Crippen LogP contribution is -2.21. The zero-order valence-corrected chi connectivity index (χ0v) is 12.3. The predicted molar refractivity (Wildman–Crippen MR) is 80.8 cm³/mol. The summed E-state index contributed by atoms with van der Waals surface area (Å²) in [5, 5.41) is 8.92. The van der Waals surface area contributed by atoms with Crippen LogP contribution in [0.3, 0.4) is 0 Å². The van der Waals surface area contributed by atoms with Crippen molar-refractivity contribution < 1.29 is 8.42 Å². The van der Waals surface area contributed by atoms with Gasteiger partial charge in [0.1, 0.15) is 4.90 Å². The molecule has 1 aromatic carbocycles. The van der Waals surface area contributed by atoms with Crippen molar-refractivity contribution in [2.75, 3.05) is 23.3 Å². The van der Waals surface area contributed by atoms with Crippen molar-refractivity contribution >= 4 is 33.2 Å². The van der Waals surface area contributed by atoms with Gasteiger partial charge >= 0.3 is 0 Å². The fourth-order valence-corrected chi connectivity index (χ4v) is 4.06.